The summed E-state index contributed by atoms with van der Waals surface area (Å²) in [7, 11) is 0. The van der Waals surface area contributed by atoms with E-state index in [4.69, 9.17) is 14.2 Å². The van der Waals surface area contributed by atoms with E-state index in [1.54, 1.807) is 0 Å². The molecular weight excluding hydrogens is 961 g/mol. The number of carbonyl (C=O) groups is 3. The Kier molecular flexibility index (Phi) is 64.6. The van der Waals surface area contributed by atoms with Gasteiger partial charge in [-0.15, -0.1) is 0 Å². The molecule has 0 saturated carbocycles. The van der Waals surface area contributed by atoms with Crippen molar-refractivity contribution in [1.29, 1.82) is 0 Å². The number of allylic oxidation sites excluding steroid dienone is 8. The molecule has 1 unspecified atom stereocenters. The highest BCUT2D eigenvalue weighted by Gasteiger charge is 2.19. The molecule has 6 heteroatoms. The number of hydrogen-bond donors (Lipinski definition) is 0. The topological polar surface area (TPSA) is 78.9 Å². The maximum absolute atomic E-state index is 12.9. The normalized spacial score (nSPS) is 12.3. The minimum atomic E-state index is -0.785. The molecule has 0 aliphatic carbocycles. The Morgan fingerprint density at radius 3 is 0.795 bits per heavy atom. The second-order valence-corrected chi connectivity index (χ2v) is 23.4. The summed E-state index contributed by atoms with van der Waals surface area (Å²) in [5.74, 6) is -0.884. The van der Waals surface area contributed by atoms with Crippen molar-refractivity contribution in [2.75, 3.05) is 13.2 Å². The van der Waals surface area contributed by atoms with Crippen LogP contribution in [0.2, 0.25) is 0 Å². The van der Waals surface area contributed by atoms with Gasteiger partial charge < -0.3 is 14.2 Å². The van der Waals surface area contributed by atoms with Crippen molar-refractivity contribution in [1.82, 2.24) is 0 Å². The van der Waals surface area contributed by atoms with Crippen LogP contribution in [0, 0.1) is 0 Å². The first kappa shape index (κ1) is 75.4. The fraction of sp³-hybridized carbons (Fsp3) is 0.847. The highest BCUT2D eigenvalue weighted by Crippen LogP contribution is 2.18. The zero-order chi connectivity index (χ0) is 56.4. The Morgan fingerprint density at radius 1 is 0.269 bits per heavy atom. The zero-order valence-corrected chi connectivity index (χ0v) is 52.5. The van der Waals surface area contributed by atoms with E-state index >= 15 is 0 Å². The van der Waals surface area contributed by atoms with Gasteiger partial charge in [0.1, 0.15) is 13.2 Å². The van der Waals surface area contributed by atoms with E-state index < -0.39 is 6.10 Å². The van der Waals surface area contributed by atoms with Gasteiger partial charge in [0.2, 0.25) is 0 Å². The first-order chi connectivity index (χ1) is 38.5. The van der Waals surface area contributed by atoms with Gasteiger partial charge in [-0.25, -0.2) is 0 Å². The molecule has 0 saturated heterocycles. The molecule has 6 nitrogen and oxygen atoms in total. The van der Waals surface area contributed by atoms with Gasteiger partial charge in [-0.1, -0.05) is 326 Å². The summed E-state index contributed by atoms with van der Waals surface area (Å²) >= 11 is 0. The molecule has 0 spiro atoms. The largest absolute Gasteiger partial charge is 0.462 e. The van der Waals surface area contributed by atoms with E-state index in [2.05, 4.69) is 69.4 Å². The molecular formula is C72H132O6. The summed E-state index contributed by atoms with van der Waals surface area (Å²) in [6, 6.07) is 0. The van der Waals surface area contributed by atoms with Crippen LogP contribution in [0.15, 0.2) is 48.6 Å². The van der Waals surface area contributed by atoms with Gasteiger partial charge in [-0.3, -0.25) is 14.4 Å². The molecule has 1 atom stereocenters. The fourth-order valence-electron chi connectivity index (χ4n) is 10.4. The van der Waals surface area contributed by atoms with E-state index in [0.717, 1.165) is 103 Å². The smallest absolute Gasteiger partial charge is 0.306 e. The molecule has 0 N–H and O–H groups in total. The Hall–Kier alpha value is -2.63. The minimum absolute atomic E-state index is 0.0794. The van der Waals surface area contributed by atoms with Crippen LogP contribution in [-0.2, 0) is 28.6 Å². The first-order valence-electron chi connectivity index (χ1n) is 34.6. The van der Waals surface area contributed by atoms with Crippen molar-refractivity contribution in [2.24, 2.45) is 0 Å². The molecule has 0 aliphatic heterocycles. The van der Waals surface area contributed by atoms with Crippen LogP contribution >= 0.6 is 0 Å². The summed E-state index contributed by atoms with van der Waals surface area (Å²) in [5.41, 5.74) is 0. The zero-order valence-electron chi connectivity index (χ0n) is 52.5. The highest BCUT2D eigenvalue weighted by atomic mass is 16.6. The lowest BCUT2D eigenvalue weighted by Gasteiger charge is -2.18. The Labute approximate surface area is 486 Å². The van der Waals surface area contributed by atoms with Crippen LogP contribution in [0.5, 0.6) is 0 Å². The van der Waals surface area contributed by atoms with Crippen LogP contribution in [0.3, 0.4) is 0 Å². The second kappa shape index (κ2) is 66.9. The van der Waals surface area contributed by atoms with Crippen molar-refractivity contribution in [3.8, 4) is 0 Å². The number of unbranched alkanes of at least 4 members (excludes halogenated alkanes) is 45. The lowest BCUT2D eigenvalue weighted by atomic mass is 10.0. The van der Waals surface area contributed by atoms with Crippen molar-refractivity contribution in [2.45, 2.75) is 380 Å². The Bertz CT molecular complexity index is 1350. The van der Waals surface area contributed by atoms with E-state index in [1.165, 1.54) is 231 Å². The van der Waals surface area contributed by atoms with E-state index in [-0.39, 0.29) is 31.1 Å². The highest BCUT2D eigenvalue weighted by molar-refractivity contribution is 5.71. The van der Waals surface area contributed by atoms with Crippen LogP contribution in [0.4, 0.5) is 0 Å². The lowest BCUT2D eigenvalue weighted by molar-refractivity contribution is -0.167. The Balaban J connectivity index is 4.13. The maximum atomic E-state index is 12.9. The molecule has 0 aromatic carbocycles. The number of ether oxygens (including phenoxy) is 3. The summed E-state index contributed by atoms with van der Waals surface area (Å²) < 4.78 is 16.9. The minimum Gasteiger partial charge on any atom is -0.462 e. The molecule has 456 valence electrons. The van der Waals surface area contributed by atoms with Crippen molar-refractivity contribution >= 4 is 17.9 Å². The van der Waals surface area contributed by atoms with E-state index in [1.807, 2.05) is 0 Å². The number of rotatable bonds is 64. The molecule has 0 heterocycles. The van der Waals surface area contributed by atoms with E-state index in [0.29, 0.717) is 19.3 Å². The summed E-state index contributed by atoms with van der Waals surface area (Å²) in [6.07, 6.45) is 84.4. The predicted molar refractivity (Wildman–Crippen MR) is 339 cm³/mol. The molecule has 0 aromatic heterocycles. The van der Waals surface area contributed by atoms with Crippen LogP contribution in [-0.4, -0.2) is 37.2 Å². The second-order valence-electron chi connectivity index (χ2n) is 23.4. The molecule has 0 aliphatic rings. The van der Waals surface area contributed by atoms with Gasteiger partial charge >= 0.3 is 17.9 Å². The molecule has 0 rings (SSSR count). The van der Waals surface area contributed by atoms with Gasteiger partial charge in [0.15, 0.2) is 6.10 Å². The quantitative estimate of drug-likeness (QED) is 0.0261. The number of carbonyl (C=O) groups excluding carboxylic acids is 3. The molecule has 0 aromatic rings. The Morgan fingerprint density at radius 2 is 0.500 bits per heavy atom. The van der Waals surface area contributed by atoms with Gasteiger partial charge in [-0.2, -0.15) is 0 Å². The average molecular weight is 1090 g/mol. The fourth-order valence-corrected chi connectivity index (χ4v) is 10.4. The monoisotopic (exact) mass is 1090 g/mol. The van der Waals surface area contributed by atoms with Crippen LogP contribution in [0.25, 0.3) is 0 Å². The predicted octanol–water partition coefficient (Wildman–Crippen LogP) is 23.7. The van der Waals surface area contributed by atoms with Crippen LogP contribution < -0.4 is 0 Å². The van der Waals surface area contributed by atoms with Gasteiger partial charge in [0.25, 0.3) is 0 Å². The third-order valence-corrected chi connectivity index (χ3v) is 15.6. The molecule has 0 bridgehead atoms. The van der Waals surface area contributed by atoms with Gasteiger partial charge in [0, 0.05) is 19.3 Å². The first-order valence-corrected chi connectivity index (χ1v) is 34.6. The number of esters is 3. The summed E-state index contributed by atoms with van der Waals surface area (Å²) in [4.78, 5) is 38.3. The third-order valence-electron chi connectivity index (χ3n) is 15.6. The van der Waals surface area contributed by atoms with Gasteiger partial charge in [-0.05, 0) is 77.0 Å². The van der Waals surface area contributed by atoms with Crippen molar-refractivity contribution in [3.63, 3.8) is 0 Å². The van der Waals surface area contributed by atoms with Crippen molar-refractivity contribution < 1.29 is 28.6 Å². The summed E-state index contributed by atoms with van der Waals surface area (Å²) in [6.45, 7) is 6.56. The molecule has 0 fully saturated rings. The maximum Gasteiger partial charge on any atom is 0.306 e. The van der Waals surface area contributed by atoms with Crippen LogP contribution in [0.1, 0.15) is 374 Å². The standard InChI is InChI=1S/C72H132O6/c1-4-7-10-13-16-19-22-25-28-29-30-31-32-33-34-35-36-37-38-39-40-41-42-43-45-47-50-53-56-59-62-65-71(74)77-68-69(67-76-70(73)64-61-58-55-52-49-46-27-24-21-18-15-12-9-6-3)78-72(75)66-63-60-57-54-51-48-44-26-23-20-17-14-11-8-5-2/h8,11,17,20,24,26-27,44,69H,4-7,9-10,12-16,18-19,21-23,25,28-43,45-68H2,1-3H3/b11-8-,20-17-,27-24-,44-26-. The van der Waals surface area contributed by atoms with Gasteiger partial charge in [0.05, 0.1) is 0 Å². The SMILES string of the molecule is CC/C=C\C/C=C\C/C=C\CCCCCCCC(=O)OC(COC(=O)CCCCCCC/C=C\CCCCCCC)COC(=O)CCCCCCCCCCCCCCCCCCCCCCCCCCCCCCCCC. The molecule has 0 amide bonds. The van der Waals surface area contributed by atoms with Crippen molar-refractivity contribution in [3.05, 3.63) is 48.6 Å². The summed E-state index contributed by atoms with van der Waals surface area (Å²) in [5, 5.41) is 0. The molecule has 0 radical (unpaired) electrons. The lowest BCUT2D eigenvalue weighted by Crippen LogP contribution is -2.30. The van der Waals surface area contributed by atoms with E-state index in [9.17, 15) is 14.4 Å². The number of hydrogen-bond acceptors (Lipinski definition) is 6. The third kappa shape index (κ3) is 64.2. The average Bonchev–Trinajstić information content (AvgIpc) is 3.44. The molecule has 78 heavy (non-hydrogen) atoms.